The van der Waals surface area contributed by atoms with Gasteiger partial charge in [-0.05, 0) is 75.2 Å². The van der Waals surface area contributed by atoms with Gasteiger partial charge in [0.05, 0.1) is 33.8 Å². The molecule has 0 radical (unpaired) electrons. The van der Waals surface area contributed by atoms with Crippen molar-refractivity contribution >= 4 is 35.1 Å². The van der Waals surface area contributed by atoms with Gasteiger partial charge in [-0.25, -0.2) is 4.79 Å². The van der Waals surface area contributed by atoms with E-state index in [1.807, 2.05) is 0 Å². The van der Waals surface area contributed by atoms with Crippen molar-refractivity contribution in [3.8, 4) is 5.75 Å². The molecule has 1 aliphatic heterocycles. The molecule has 4 rings (SSSR count). The molecule has 0 aliphatic carbocycles. The van der Waals surface area contributed by atoms with Gasteiger partial charge >= 0.3 is 12.1 Å². The third kappa shape index (κ3) is 8.40. The maximum Gasteiger partial charge on any atom is 0.416 e. The number of hydrogen-bond donors (Lipinski definition) is 1. The number of pyridine rings is 1. The van der Waals surface area contributed by atoms with Crippen molar-refractivity contribution in [3.05, 3.63) is 93.2 Å². The summed E-state index contributed by atoms with van der Waals surface area (Å²) >= 11 is 12.2. The van der Waals surface area contributed by atoms with Crippen molar-refractivity contribution in [1.82, 2.24) is 15.2 Å². The number of nitrogens with zero attached hydrogens (tertiary/aromatic N) is 2. The summed E-state index contributed by atoms with van der Waals surface area (Å²) in [5.41, 5.74) is 0.402. The van der Waals surface area contributed by atoms with E-state index in [0.717, 1.165) is 38.1 Å². The fourth-order valence-electron chi connectivity index (χ4n) is 5.22. The number of benzene rings is 2. The summed E-state index contributed by atoms with van der Waals surface area (Å²) in [5.74, 6) is -0.440. The van der Waals surface area contributed by atoms with Gasteiger partial charge < -0.3 is 19.7 Å². The largest absolute Gasteiger partial charge is 0.485 e. The molecule has 0 bridgehead atoms. The standard InChI is InChI=1S/C31H32Cl2F3N3O4/c1-19(10-13-38-29(40)27-25(32)17-37-18-26(27)33)39-14-11-21(12-15-39)28(20-6-8-23(9-7-20)31(34,35)36)43-24-5-3-4-22(16-24)30(41)42-2/h3-9,16-19,21,28H,10-15H2,1-2H3,(H,38,40). The molecular weight excluding hydrogens is 606 g/mol. The Morgan fingerprint density at radius 1 is 1.07 bits per heavy atom. The third-order valence-electron chi connectivity index (χ3n) is 7.64. The second kappa shape index (κ2) is 14.4. The van der Waals surface area contributed by atoms with Crippen LogP contribution in [0.2, 0.25) is 10.0 Å². The number of nitrogens with one attached hydrogen (secondary N) is 1. The highest BCUT2D eigenvalue weighted by molar-refractivity contribution is 6.39. The average Bonchev–Trinajstić information content (AvgIpc) is 2.99. The lowest BCUT2D eigenvalue weighted by Gasteiger charge is -2.39. The van der Waals surface area contributed by atoms with E-state index < -0.39 is 23.8 Å². The molecule has 0 spiro atoms. The summed E-state index contributed by atoms with van der Waals surface area (Å²) in [5, 5.41) is 3.23. The molecule has 0 saturated carbocycles. The Bertz CT molecular complexity index is 1390. The van der Waals surface area contributed by atoms with E-state index in [2.05, 4.69) is 22.1 Å². The molecule has 2 unspecified atom stereocenters. The molecule has 12 heteroatoms. The Morgan fingerprint density at radius 2 is 1.72 bits per heavy atom. The summed E-state index contributed by atoms with van der Waals surface area (Å²) in [6.07, 6.45) is -0.0685. The number of aromatic nitrogens is 1. The molecule has 1 amide bonds. The molecule has 7 nitrogen and oxygen atoms in total. The number of amides is 1. The predicted molar refractivity (Wildman–Crippen MR) is 158 cm³/mol. The first-order valence-electron chi connectivity index (χ1n) is 13.8. The topological polar surface area (TPSA) is 80.8 Å². The maximum atomic E-state index is 13.2. The molecule has 2 aromatic carbocycles. The van der Waals surface area contributed by atoms with Crippen LogP contribution in [-0.4, -0.2) is 54.5 Å². The van der Waals surface area contributed by atoms with Crippen LogP contribution >= 0.6 is 23.2 Å². The van der Waals surface area contributed by atoms with Crippen molar-refractivity contribution < 1.29 is 32.2 Å². The Hall–Kier alpha value is -3.34. The highest BCUT2D eigenvalue weighted by Crippen LogP contribution is 2.37. The molecule has 1 aliphatic rings. The van der Waals surface area contributed by atoms with Gasteiger partial charge in [0.15, 0.2) is 0 Å². The Labute approximate surface area is 258 Å². The number of methoxy groups -OCH3 is 1. The fourth-order valence-corrected chi connectivity index (χ4v) is 5.75. The molecular formula is C31H32Cl2F3N3O4. The highest BCUT2D eigenvalue weighted by Gasteiger charge is 2.33. The number of carbonyl (C=O) groups is 2. The van der Waals surface area contributed by atoms with Crippen molar-refractivity contribution in [3.63, 3.8) is 0 Å². The highest BCUT2D eigenvalue weighted by atomic mass is 35.5. The van der Waals surface area contributed by atoms with Crippen LogP contribution in [0.3, 0.4) is 0 Å². The summed E-state index contributed by atoms with van der Waals surface area (Å²) < 4.78 is 50.9. The van der Waals surface area contributed by atoms with Crippen LogP contribution < -0.4 is 10.1 Å². The number of likely N-dealkylation sites (tertiary alicyclic amines) is 1. The van der Waals surface area contributed by atoms with Crippen LogP contribution in [0, 0.1) is 5.92 Å². The quantitative estimate of drug-likeness (QED) is 0.236. The number of halogens is 5. The number of piperidine rings is 1. The molecule has 43 heavy (non-hydrogen) atoms. The van der Waals surface area contributed by atoms with E-state index in [0.29, 0.717) is 29.8 Å². The maximum absolute atomic E-state index is 13.2. The Balaban J connectivity index is 1.41. The average molecular weight is 639 g/mol. The van der Waals surface area contributed by atoms with Crippen LogP contribution in [0.1, 0.15) is 64.1 Å². The van der Waals surface area contributed by atoms with Crippen molar-refractivity contribution in [2.45, 2.75) is 44.5 Å². The van der Waals surface area contributed by atoms with Crippen LogP contribution in [0.15, 0.2) is 60.9 Å². The Kier molecular flexibility index (Phi) is 10.9. The van der Waals surface area contributed by atoms with Gasteiger partial charge in [-0.3, -0.25) is 9.78 Å². The Morgan fingerprint density at radius 3 is 2.33 bits per heavy atom. The first-order valence-corrected chi connectivity index (χ1v) is 14.6. The summed E-state index contributed by atoms with van der Waals surface area (Å²) in [6, 6.07) is 11.8. The van der Waals surface area contributed by atoms with Gasteiger partial charge in [0.1, 0.15) is 11.9 Å². The van der Waals surface area contributed by atoms with Gasteiger partial charge in [-0.1, -0.05) is 41.4 Å². The minimum Gasteiger partial charge on any atom is -0.485 e. The van der Waals surface area contributed by atoms with Gasteiger partial charge in [-0.2, -0.15) is 13.2 Å². The van der Waals surface area contributed by atoms with Crippen LogP contribution in [0.25, 0.3) is 0 Å². The summed E-state index contributed by atoms with van der Waals surface area (Å²) in [6.45, 7) is 3.98. The number of hydrogen-bond acceptors (Lipinski definition) is 6. The number of ether oxygens (including phenoxy) is 2. The van der Waals surface area contributed by atoms with Gasteiger partial charge in [-0.15, -0.1) is 0 Å². The monoisotopic (exact) mass is 637 g/mol. The zero-order valence-electron chi connectivity index (χ0n) is 23.7. The molecule has 1 aromatic heterocycles. The second-order valence-corrected chi connectivity index (χ2v) is 11.2. The van der Waals surface area contributed by atoms with Crippen molar-refractivity contribution in [2.24, 2.45) is 5.92 Å². The second-order valence-electron chi connectivity index (χ2n) is 10.4. The molecule has 1 fully saturated rings. The van der Waals surface area contributed by atoms with Crippen molar-refractivity contribution in [1.29, 1.82) is 0 Å². The molecule has 230 valence electrons. The minimum absolute atomic E-state index is 0.0117. The van der Waals surface area contributed by atoms with E-state index in [4.69, 9.17) is 32.7 Å². The number of esters is 1. The van der Waals surface area contributed by atoms with Crippen molar-refractivity contribution in [2.75, 3.05) is 26.7 Å². The number of rotatable bonds is 10. The predicted octanol–water partition coefficient (Wildman–Crippen LogP) is 7.23. The first kappa shape index (κ1) is 32.6. The van der Waals surface area contributed by atoms with Gasteiger partial charge in [0.2, 0.25) is 0 Å². The van der Waals surface area contributed by atoms with Gasteiger partial charge in [0.25, 0.3) is 5.91 Å². The van der Waals surface area contributed by atoms with E-state index in [-0.39, 0.29) is 33.5 Å². The summed E-state index contributed by atoms with van der Waals surface area (Å²) in [4.78, 5) is 30.8. The number of carbonyl (C=O) groups excluding carboxylic acids is 2. The van der Waals surface area contributed by atoms with Crippen LogP contribution in [-0.2, 0) is 10.9 Å². The fraction of sp³-hybridized carbons (Fsp3) is 0.387. The summed E-state index contributed by atoms with van der Waals surface area (Å²) in [7, 11) is 1.29. The molecule has 1 N–H and O–H groups in total. The third-order valence-corrected chi connectivity index (χ3v) is 8.21. The lowest BCUT2D eigenvalue weighted by Crippen LogP contribution is -2.43. The van der Waals surface area contributed by atoms with E-state index in [1.54, 1.807) is 24.3 Å². The van der Waals surface area contributed by atoms with Gasteiger partial charge in [0, 0.05) is 30.9 Å². The molecule has 3 aromatic rings. The zero-order valence-corrected chi connectivity index (χ0v) is 25.2. The normalized spacial score (nSPS) is 15.9. The zero-order chi connectivity index (χ0) is 31.1. The number of alkyl halides is 3. The minimum atomic E-state index is -4.44. The molecule has 1 saturated heterocycles. The van der Waals surface area contributed by atoms with Crippen LogP contribution in [0.5, 0.6) is 5.75 Å². The smallest absolute Gasteiger partial charge is 0.416 e. The molecule has 2 atom stereocenters. The molecule has 2 heterocycles. The van der Waals surface area contributed by atoms with E-state index in [9.17, 15) is 22.8 Å². The lowest BCUT2D eigenvalue weighted by atomic mass is 9.86. The first-order chi connectivity index (χ1) is 20.5. The van der Waals surface area contributed by atoms with E-state index in [1.165, 1.54) is 31.6 Å². The van der Waals surface area contributed by atoms with E-state index >= 15 is 0 Å². The SMILES string of the molecule is COC(=O)c1cccc(OC(c2ccc(C(F)(F)F)cc2)C2CCN(C(C)CCNC(=O)c3c(Cl)cncc3Cl)CC2)c1. The lowest BCUT2D eigenvalue weighted by molar-refractivity contribution is -0.137. The van der Waals surface area contributed by atoms with Crippen LogP contribution in [0.4, 0.5) is 13.2 Å².